The summed E-state index contributed by atoms with van der Waals surface area (Å²) in [5, 5.41) is 15.0. The Morgan fingerprint density at radius 3 is 2.30 bits per heavy atom. The molecule has 0 radical (unpaired) electrons. The van der Waals surface area contributed by atoms with Crippen molar-refractivity contribution in [3.05, 3.63) is 0 Å². The average molecular weight is 282 g/mol. The molecule has 5 nitrogen and oxygen atoms in total. The van der Waals surface area contributed by atoms with Crippen LogP contribution >= 0.6 is 0 Å². The summed E-state index contributed by atoms with van der Waals surface area (Å²) in [6.07, 6.45) is 7.77. The van der Waals surface area contributed by atoms with Crippen LogP contribution in [0.5, 0.6) is 0 Å². The third-order valence-electron chi connectivity index (χ3n) is 4.87. The lowest BCUT2D eigenvalue weighted by Crippen LogP contribution is -2.49. The predicted octanol–water partition coefficient (Wildman–Crippen LogP) is 2.51. The second kappa shape index (κ2) is 6.46. The Hall–Kier alpha value is -1.26. The summed E-state index contributed by atoms with van der Waals surface area (Å²) >= 11 is 0. The maximum atomic E-state index is 11.9. The predicted molar refractivity (Wildman–Crippen MR) is 76.5 cm³/mol. The Bertz CT molecular complexity index is 356. The van der Waals surface area contributed by atoms with Gasteiger partial charge in [-0.2, -0.15) is 0 Å². The number of carboxylic acid groups (broad SMARTS) is 1. The van der Waals surface area contributed by atoms with E-state index in [1.54, 1.807) is 0 Å². The summed E-state index contributed by atoms with van der Waals surface area (Å²) < 4.78 is 0. The number of rotatable bonds is 4. The first-order valence-corrected chi connectivity index (χ1v) is 7.77. The molecule has 0 aromatic heterocycles. The number of amides is 2. The minimum absolute atomic E-state index is 0.0367. The first kappa shape index (κ1) is 15.1. The van der Waals surface area contributed by atoms with Crippen LogP contribution in [0.3, 0.4) is 0 Å². The Morgan fingerprint density at radius 2 is 1.75 bits per heavy atom. The number of carboxylic acids is 1. The molecule has 0 unspecified atom stereocenters. The van der Waals surface area contributed by atoms with Gasteiger partial charge in [0.1, 0.15) is 0 Å². The van der Waals surface area contributed by atoms with Crippen LogP contribution in [-0.2, 0) is 4.79 Å². The van der Waals surface area contributed by atoms with Gasteiger partial charge in [0.05, 0.1) is 5.92 Å². The lowest BCUT2D eigenvalue weighted by molar-refractivity contribution is -0.143. The quantitative estimate of drug-likeness (QED) is 0.741. The summed E-state index contributed by atoms with van der Waals surface area (Å²) in [5.74, 6) is -0.437. The van der Waals surface area contributed by atoms with Crippen molar-refractivity contribution >= 4 is 12.0 Å². The Morgan fingerprint density at radius 1 is 1.15 bits per heavy atom. The number of nitrogens with one attached hydrogen (secondary N) is 2. The first-order chi connectivity index (χ1) is 9.48. The monoisotopic (exact) mass is 282 g/mol. The van der Waals surface area contributed by atoms with Crippen molar-refractivity contribution in [1.82, 2.24) is 10.6 Å². The molecule has 0 aliphatic heterocycles. The fourth-order valence-corrected chi connectivity index (χ4v) is 3.45. The van der Waals surface area contributed by atoms with Gasteiger partial charge in [-0.1, -0.05) is 12.8 Å². The standard InChI is InChI=1S/C15H26N2O3/c1-15(8-2-3-9-15)17-14(20)16-10-11-4-6-12(7-5-11)13(18)19/h11-12H,2-10H2,1H3,(H,18,19)(H2,16,17,20). The molecule has 114 valence electrons. The van der Waals surface area contributed by atoms with E-state index in [1.807, 2.05) is 0 Å². The van der Waals surface area contributed by atoms with Crippen molar-refractivity contribution in [2.24, 2.45) is 11.8 Å². The lowest BCUT2D eigenvalue weighted by Gasteiger charge is -2.28. The van der Waals surface area contributed by atoms with Crippen molar-refractivity contribution < 1.29 is 14.7 Å². The van der Waals surface area contributed by atoms with Crippen LogP contribution in [0.2, 0.25) is 0 Å². The normalized spacial score (nSPS) is 28.9. The largest absolute Gasteiger partial charge is 0.481 e. The topological polar surface area (TPSA) is 78.4 Å². The van der Waals surface area contributed by atoms with E-state index in [0.717, 1.165) is 38.5 Å². The van der Waals surface area contributed by atoms with Crippen molar-refractivity contribution in [3.63, 3.8) is 0 Å². The van der Waals surface area contributed by atoms with Gasteiger partial charge in [-0.3, -0.25) is 4.79 Å². The first-order valence-electron chi connectivity index (χ1n) is 7.77. The molecule has 2 saturated carbocycles. The summed E-state index contributed by atoms with van der Waals surface area (Å²) in [6, 6.07) is -0.0743. The average Bonchev–Trinajstić information content (AvgIpc) is 2.83. The Labute approximate surface area is 120 Å². The van der Waals surface area contributed by atoms with Crippen molar-refractivity contribution in [3.8, 4) is 0 Å². The molecule has 2 amide bonds. The van der Waals surface area contributed by atoms with Gasteiger partial charge in [0.25, 0.3) is 0 Å². The van der Waals surface area contributed by atoms with Gasteiger partial charge in [0.2, 0.25) is 0 Å². The van der Waals surface area contributed by atoms with Crippen LogP contribution in [0.1, 0.15) is 58.3 Å². The van der Waals surface area contributed by atoms with Crippen LogP contribution in [0, 0.1) is 11.8 Å². The number of hydrogen-bond donors (Lipinski definition) is 3. The Balaban J connectivity index is 1.65. The Kier molecular flexibility index (Phi) is 4.89. The molecular weight excluding hydrogens is 256 g/mol. The molecule has 20 heavy (non-hydrogen) atoms. The van der Waals surface area contributed by atoms with E-state index >= 15 is 0 Å². The van der Waals surface area contributed by atoms with Gasteiger partial charge >= 0.3 is 12.0 Å². The van der Waals surface area contributed by atoms with Crippen LogP contribution in [-0.4, -0.2) is 29.2 Å². The lowest BCUT2D eigenvalue weighted by atomic mass is 9.82. The molecule has 3 N–H and O–H groups in total. The van der Waals surface area contributed by atoms with Crippen LogP contribution in [0.15, 0.2) is 0 Å². The minimum Gasteiger partial charge on any atom is -0.481 e. The number of hydrogen-bond acceptors (Lipinski definition) is 2. The van der Waals surface area contributed by atoms with E-state index in [4.69, 9.17) is 5.11 Å². The molecule has 2 rings (SSSR count). The highest BCUT2D eigenvalue weighted by molar-refractivity contribution is 5.74. The van der Waals surface area contributed by atoms with Crippen LogP contribution in [0.4, 0.5) is 4.79 Å². The van der Waals surface area contributed by atoms with Gasteiger partial charge in [0.15, 0.2) is 0 Å². The van der Waals surface area contributed by atoms with Gasteiger partial charge in [-0.25, -0.2) is 4.79 Å². The number of urea groups is 1. The van der Waals surface area contributed by atoms with E-state index < -0.39 is 5.97 Å². The zero-order chi connectivity index (χ0) is 14.6. The van der Waals surface area contributed by atoms with Crippen LogP contribution in [0.25, 0.3) is 0 Å². The highest BCUT2D eigenvalue weighted by Gasteiger charge is 2.30. The summed E-state index contributed by atoms with van der Waals surface area (Å²) in [7, 11) is 0. The van der Waals surface area contributed by atoms with Crippen molar-refractivity contribution in [1.29, 1.82) is 0 Å². The van der Waals surface area contributed by atoms with Gasteiger partial charge in [0, 0.05) is 12.1 Å². The van der Waals surface area contributed by atoms with Crippen LogP contribution < -0.4 is 10.6 Å². The van der Waals surface area contributed by atoms with Gasteiger partial charge in [-0.05, 0) is 51.4 Å². The second-order valence-electron chi connectivity index (χ2n) is 6.66. The van der Waals surface area contributed by atoms with Crippen molar-refractivity contribution in [2.75, 3.05) is 6.54 Å². The third kappa shape index (κ3) is 4.12. The fraction of sp³-hybridized carbons (Fsp3) is 0.867. The number of aliphatic carboxylic acids is 1. The van der Waals surface area contributed by atoms with Gasteiger partial charge in [-0.15, -0.1) is 0 Å². The number of carbonyl (C=O) groups excluding carboxylic acids is 1. The summed E-state index contributed by atoms with van der Waals surface area (Å²) in [4.78, 5) is 22.8. The van der Waals surface area contributed by atoms with E-state index in [1.165, 1.54) is 12.8 Å². The molecule has 0 bridgehead atoms. The van der Waals surface area contributed by atoms with E-state index in [-0.39, 0.29) is 17.5 Å². The molecule has 0 atom stereocenters. The van der Waals surface area contributed by atoms with E-state index in [0.29, 0.717) is 12.5 Å². The summed E-state index contributed by atoms with van der Waals surface area (Å²) in [5.41, 5.74) is -0.0367. The maximum absolute atomic E-state index is 11.9. The molecule has 0 aromatic rings. The molecule has 0 aromatic carbocycles. The number of carbonyl (C=O) groups is 2. The molecular formula is C15H26N2O3. The molecule has 0 spiro atoms. The highest BCUT2D eigenvalue weighted by Crippen LogP contribution is 2.29. The SMILES string of the molecule is CC1(NC(=O)NCC2CCC(C(=O)O)CC2)CCCC1. The van der Waals surface area contributed by atoms with Gasteiger partial charge < -0.3 is 15.7 Å². The summed E-state index contributed by atoms with van der Waals surface area (Å²) in [6.45, 7) is 2.77. The van der Waals surface area contributed by atoms with Crippen molar-refractivity contribution in [2.45, 2.75) is 63.8 Å². The van der Waals surface area contributed by atoms with E-state index in [2.05, 4.69) is 17.6 Å². The second-order valence-corrected chi connectivity index (χ2v) is 6.66. The molecule has 5 heteroatoms. The highest BCUT2D eigenvalue weighted by atomic mass is 16.4. The van der Waals surface area contributed by atoms with E-state index in [9.17, 15) is 9.59 Å². The smallest absolute Gasteiger partial charge is 0.315 e. The third-order valence-corrected chi connectivity index (χ3v) is 4.87. The minimum atomic E-state index is -0.677. The molecule has 2 fully saturated rings. The fourth-order valence-electron chi connectivity index (χ4n) is 3.45. The maximum Gasteiger partial charge on any atom is 0.315 e. The zero-order valence-electron chi connectivity index (χ0n) is 12.3. The zero-order valence-corrected chi connectivity index (χ0v) is 12.3. The molecule has 2 aliphatic carbocycles. The molecule has 0 saturated heterocycles. The molecule has 2 aliphatic rings. The molecule has 0 heterocycles.